The Morgan fingerprint density at radius 2 is 1.86 bits per heavy atom. The molecule has 0 bridgehead atoms. The number of rotatable bonds is 8. The van der Waals surface area contributed by atoms with Crippen LogP contribution < -0.4 is 10.1 Å². The second kappa shape index (κ2) is 8.43. The van der Waals surface area contributed by atoms with Gasteiger partial charge in [0.25, 0.3) is 0 Å². The summed E-state index contributed by atoms with van der Waals surface area (Å²) in [6.07, 6.45) is 3.51. The van der Waals surface area contributed by atoms with Gasteiger partial charge in [-0.3, -0.25) is 0 Å². The van der Waals surface area contributed by atoms with Crippen molar-refractivity contribution >= 4 is 0 Å². The minimum Gasteiger partial charge on any atom is -0.496 e. The molecular weight excluding hydrogens is 258 g/mol. The highest BCUT2D eigenvalue weighted by Gasteiger charge is 2.19. The van der Waals surface area contributed by atoms with Gasteiger partial charge in [0.2, 0.25) is 0 Å². The fraction of sp³-hybridized carbons (Fsp3) is 0.684. The molecule has 2 heteroatoms. The highest BCUT2D eigenvalue weighted by Crippen LogP contribution is 2.28. The van der Waals surface area contributed by atoms with Crippen LogP contribution in [0.2, 0.25) is 0 Å². The summed E-state index contributed by atoms with van der Waals surface area (Å²) in [5.41, 5.74) is 1.70. The molecule has 0 fully saturated rings. The monoisotopic (exact) mass is 291 g/mol. The van der Waals surface area contributed by atoms with Gasteiger partial charge in [-0.2, -0.15) is 0 Å². The number of hydrogen-bond acceptors (Lipinski definition) is 2. The maximum atomic E-state index is 5.48. The molecule has 0 radical (unpaired) electrons. The molecule has 1 N–H and O–H groups in total. The third kappa shape index (κ3) is 6.99. The number of hydrogen-bond donors (Lipinski definition) is 1. The van der Waals surface area contributed by atoms with Crippen molar-refractivity contribution in [2.45, 2.75) is 59.9 Å². The van der Waals surface area contributed by atoms with Gasteiger partial charge >= 0.3 is 0 Å². The number of ether oxygens (including phenoxy) is 1. The van der Waals surface area contributed by atoms with Gasteiger partial charge in [0.1, 0.15) is 5.75 Å². The molecule has 2 atom stereocenters. The lowest BCUT2D eigenvalue weighted by Gasteiger charge is -2.27. The summed E-state index contributed by atoms with van der Waals surface area (Å²) in [5, 5.41) is 3.64. The van der Waals surface area contributed by atoms with E-state index in [1.54, 1.807) is 7.11 Å². The third-order valence-corrected chi connectivity index (χ3v) is 3.80. The van der Waals surface area contributed by atoms with Gasteiger partial charge in [0.15, 0.2) is 0 Å². The summed E-state index contributed by atoms with van der Waals surface area (Å²) in [6, 6.07) is 8.88. The Labute approximate surface area is 131 Å². The van der Waals surface area contributed by atoms with E-state index in [1.807, 2.05) is 6.07 Å². The van der Waals surface area contributed by atoms with Gasteiger partial charge in [-0.05, 0) is 48.8 Å². The molecular formula is C19H33NO. The van der Waals surface area contributed by atoms with E-state index in [2.05, 4.69) is 58.1 Å². The lowest BCUT2D eigenvalue weighted by molar-refractivity contribution is 0.274. The van der Waals surface area contributed by atoms with Crippen LogP contribution >= 0.6 is 0 Å². The maximum absolute atomic E-state index is 5.48. The van der Waals surface area contributed by atoms with Crippen molar-refractivity contribution in [1.82, 2.24) is 5.32 Å². The van der Waals surface area contributed by atoms with E-state index >= 15 is 0 Å². The molecule has 1 rings (SSSR count). The minimum absolute atomic E-state index is 0.403. The zero-order valence-corrected chi connectivity index (χ0v) is 14.7. The standard InChI is InChI=1S/C19H33NO/c1-7-20-17(12-15(2)14-19(3,4)5)13-16-10-8-9-11-18(16)21-6/h8-11,15,17,20H,7,12-14H2,1-6H3. The van der Waals surface area contributed by atoms with Crippen molar-refractivity contribution in [1.29, 1.82) is 0 Å². The Hall–Kier alpha value is -1.02. The molecule has 1 aromatic carbocycles. The Kier molecular flexibility index (Phi) is 7.24. The van der Waals surface area contributed by atoms with Crippen LogP contribution in [0.1, 0.15) is 53.0 Å². The van der Waals surface area contributed by atoms with Gasteiger partial charge in [-0.15, -0.1) is 0 Å². The first kappa shape index (κ1) is 18.0. The van der Waals surface area contributed by atoms with Crippen LogP contribution in [0.15, 0.2) is 24.3 Å². The molecule has 2 nitrogen and oxygen atoms in total. The molecule has 21 heavy (non-hydrogen) atoms. The van der Waals surface area contributed by atoms with Crippen LogP contribution in [0, 0.1) is 11.3 Å². The van der Waals surface area contributed by atoms with Gasteiger partial charge in [-0.25, -0.2) is 0 Å². The van der Waals surface area contributed by atoms with Crippen LogP contribution in [-0.2, 0) is 6.42 Å². The molecule has 0 heterocycles. The van der Waals surface area contributed by atoms with E-state index in [0.717, 1.165) is 24.6 Å². The summed E-state index contributed by atoms with van der Waals surface area (Å²) >= 11 is 0. The second-order valence-corrected chi connectivity index (χ2v) is 7.38. The van der Waals surface area contributed by atoms with E-state index in [1.165, 1.54) is 18.4 Å². The smallest absolute Gasteiger partial charge is 0.122 e. The zero-order chi connectivity index (χ0) is 15.9. The SMILES string of the molecule is CCNC(Cc1ccccc1OC)CC(C)CC(C)(C)C. The topological polar surface area (TPSA) is 21.3 Å². The molecule has 0 aliphatic carbocycles. The van der Waals surface area contributed by atoms with Crippen LogP contribution in [0.5, 0.6) is 5.75 Å². The fourth-order valence-electron chi connectivity index (χ4n) is 3.28. The highest BCUT2D eigenvalue weighted by molar-refractivity contribution is 5.33. The first-order chi connectivity index (χ1) is 9.85. The first-order valence-corrected chi connectivity index (χ1v) is 8.21. The van der Waals surface area contributed by atoms with Crippen molar-refractivity contribution < 1.29 is 4.74 Å². The quantitative estimate of drug-likeness (QED) is 0.751. The molecule has 0 aliphatic rings. The molecule has 2 unspecified atom stereocenters. The van der Waals surface area contributed by atoms with Crippen molar-refractivity contribution in [2.24, 2.45) is 11.3 Å². The molecule has 120 valence electrons. The number of methoxy groups -OCH3 is 1. The van der Waals surface area contributed by atoms with E-state index < -0.39 is 0 Å². The van der Waals surface area contributed by atoms with Crippen molar-refractivity contribution in [3.05, 3.63) is 29.8 Å². The van der Waals surface area contributed by atoms with Crippen molar-refractivity contribution in [2.75, 3.05) is 13.7 Å². The van der Waals surface area contributed by atoms with Gasteiger partial charge in [0.05, 0.1) is 7.11 Å². The first-order valence-electron chi connectivity index (χ1n) is 8.21. The summed E-state index contributed by atoms with van der Waals surface area (Å²) in [7, 11) is 1.75. The largest absolute Gasteiger partial charge is 0.496 e. The molecule has 0 saturated heterocycles. The van der Waals surface area contributed by atoms with Gasteiger partial charge in [0, 0.05) is 6.04 Å². The number of likely N-dealkylation sites (N-methyl/N-ethyl adjacent to an activating group) is 1. The summed E-state index contributed by atoms with van der Waals surface area (Å²) in [6.45, 7) is 12.5. The molecule has 0 aromatic heterocycles. The average molecular weight is 291 g/mol. The second-order valence-electron chi connectivity index (χ2n) is 7.38. The van der Waals surface area contributed by atoms with Crippen LogP contribution in [0.4, 0.5) is 0 Å². The maximum Gasteiger partial charge on any atom is 0.122 e. The molecule has 1 aromatic rings. The summed E-state index contributed by atoms with van der Waals surface area (Å²) < 4.78 is 5.48. The van der Waals surface area contributed by atoms with Crippen LogP contribution in [-0.4, -0.2) is 19.7 Å². The number of benzene rings is 1. The molecule has 0 amide bonds. The Morgan fingerprint density at radius 1 is 1.19 bits per heavy atom. The molecule has 0 spiro atoms. The lowest BCUT2D eigenvalue weighted by Crippen LogP contribution is -2.33. The Balaban J connectivity index is 2.69. The van der Waals surface area contributed by atoms with E-state index in [-0.39, 0.29) is 0 Å². The van der Waals surface area contributed by atoms with Crippen molar-refractivity contribution in [3.8, 4) is 5.75 Å². The van der Waals surface area contributed by atoms with Crippen LogP contribution in [0.25, 0.3) is 0 Å². The lowest BCUT2D eigenvalue weighted by atomic mass is 9.82. The van der Waals surface area contributed by atoms with E-state index in [0.29, 0.717) is 11.5 Å². The van der Waals surface area contributed by atoms with E-state index in [4.69, 9.17) is 4.74 Å². The normalized spacial score (nSPS) is 14.8. The predicted octanol–water partition coefficient (Wildman–Crippen LogP) is 4.68. The minimum atomic E-state index is 0.403. The average Bonchev–Trinajstić information content (AvgIpc) is 2.37. The third-order valence-electron chi connectivity index (χ3n) is 3.80. The Bertz CT molecular complexity index is 408. The Morgan fingerprint density at radius 3 is 2.43 bits per heavy atom. The van der Waals surface area contributed by atoms with Gasteiger partial charge < -0.3 is 10.1 Å². The predicted molar refractivity (Wildman–Crippen MR) is 92.0 cm³/mol. The summed E-state index contributed by atoms with van der Waals surface area (Å²) in [5.74, 6) is 1.73. The van der Waals surface area contributed by atoms with Crippen LogP contribution in [0.3, 0.4) is 0 Å². The fourth-order valence-corrected chi connectivity index (χ4v) is 3.28. The number of nitrogens with one attached hydrogen (secondary N) is 1. The zero-order valence-electron chi connectivity index (χ0n) is 14.7. The van der Waals surface area contributed by atoms with Gasteiger partial charge in [-0.1, -0.05) is 52.8 Å². The molecule has 0 saturated carbocycles. The highest BCUT2D eigenvalue weighted by atomic mass is 16.5. The number of para-hydroxylation sites is 1. The van der Waals surface area contributed by atoms with E-state index in [9.17, 15) is 0 Å². The molecule has 0 aliphatic heterocycles. The summed E-state index contributed by atoms with van der Waals surface area (Å²) in [4.78, 5) is 0. The van der Waals surface area contributed by atoms with Crippen molar-refractivity contribution in [3.63, 3.8) is 0 Å².